The van der Waals surface area contributed by atoms with Crippen molar-refractivity contribution >= 4 is 5.78 Å². The van der Waals surface area contributed by atoms with Gasteiger partial charge < -0.3 is 20.1 Å². The van der Waals surface area contributed by atoms with E-state index in [2.05, 4.69) is 13.0 Å². The molecule has 0 heterocycles. The molecular formula is C21H36O4. The van der Waals surface area contributed by atoms with Gasteiger partial charge in [-0.2, -0.15) is 0 Å². The molecule has 1 fully saturated rings. The van der Waals surface area contributed by atoms with Gasteiger partial charge in [-0.15, -0.1) is 0 Å². The molecule has 5 atom stereocenters. The summed E-state index contributed by atoms with van der Waals surface area (Å²) in [7, 11) is 0. The first-order valence-electron chi connectivity index (χ1n) is 9.82. The van der Waals surface area contributed by atoms with E-state index in [1.807, 2.05) is 12.2 Å². The van der Waals surface area contributed by atoms with Crippen LogP contribution in [0.3, 0.4) is 0 Å². The molecule has 144 valence electrons. The average Bonchev–Trinajstić information content (AvgIpc) is 2.82. The predicted molar refractivity (Wildman–Crippen MR) is 101 cm³/mol. The first-order chi connectivity index (χ1) is 12.0. The van der Waals surface area contributed by atoms with E-state index in [9.17, 15) is 20.1 Å². The Kier molecular flexibility index (Phi) is 10.9. The molecule has 4 nitrogen and oxygen atoms in total. The van der Waals surface area contributed by atoms with Gasteiger partial charge in [-0.3, -0.25) is 0 Å². The van der Waals surface area contributed by atoms with Crippen molar-refractivity contribution in [3.05, 3.63) is 24.3 Å². The Labute approximate surface area is 152 Å². The van der Waals surface area contributed by atoms with E-state index in [1.165, 1.54) is 0 Å². The molecule has 0 aromatic heterocycles. The van der Waals surface area contributed by atoms with Crippen LogP contribution < -0.4 is 0 Å². The number of hydrogen-bond acceptors (Lipinski definition) is 4. The second-order valence-electron chi connectivity index (χ2n) is 7.36. The van der Waals surface area contributed by atoms with Crippen molar-refractivity contribution in [2.45, 2.75) is 89.9 Å². The minimum absolute atomic E-state index is 0.0156. The van der Waals surface area contributed by atoms with Crippen molar-refractivity contribution < 1.29 is 20.1 Å². The Hall–Kier alpha value is -0.970. The monoisotopic (exact) mass is 352 g/mol. The maximum atomic E-state index is 10.9. The Balaban J connectivity index is 2.46. The summed E-state index contributed by atoms with van der Waals surface area (Å²) >= 11 is 0. The highest BCUT2D eigenvalue weighted by molar-refractivity contribution is 5.75. The molecule has 0 bridgehead atoms. The Morgan fingerprint density at radius 1 is 1.16 bits per heavy atom. The number of carbonyl (C=O) groups is 1. The van der Waals surface area contributed by atoms with E-state index < -0.39 is 18.3 Å². The van der Waals surface area contributed by atoms with Gasteiger partial charge in [0.15, 0.2) is 0 Å². The predicted octanol–water partition coefficient (Wildman–Crippen LogP) is 3.55. The zero-order chi connectivity index (χ0) is 18.7. The molecule has 1 aliphatic carbocycles. The lowest BCUT2D eigenvalue weighted by atomic mass is 9.89. The smallest absolute Gasteiger partial charge is 0.129 e. The fraction of sp³-hybridized carbons (Fsp3) is 0.762. The molecule has 0 radical (unpaired) electrons. The number of allylic oxidation sites excluding steroid dienone is 2. The Morgan fingerprint density at radius 2 is 1.92 bits per heavy atom. The van der Waals surface area contributed by atoms with Gasteiger partial charge in [0.25, 0.3) is 0 Å². The summed E-state index contributed by atoms with van der Waals surface area (Å²) in [4.78, 5) is 10.9. The number of ketones is 1. The van der Waals surface area contributed by atoms with Gasteiger partial charge in [0.1, 0.15) is 5.78 Å². The summed E-state index contributed by atoms with van der Waals surface area (Å²) in [5.41, 5.74) is 0. The molecule has 0 amide bonds. The molecule has 4 heteroatoms. The SMILES string of the molecule is CCCCC[C@H](O)/C=C/C1C(C/C=C\CCCC(C)=O)[C@@H](O)C[C@H]1O. The number of aliphatic hydroxyl groups is 3. The van der Waals surface area contributed by atoms with Crippen LogP contribution in [0.15, 0.2) is 24.3 Å². The van der Waals surface area contributed by atoms with Gasteiger partial charge in [-0.25, -0.2) is 0 Å². The van der Waals surface area contributed by atoms with E-state index in [4.69, 9.17) is 0 Å². The number of rotatable bonds is 12. The first-order valence-corrected chi connectivity index (χ1v) is 9.82. The molecule has 0 spiro atoms. The molecule has 25 heavy (non-hydrogen) atoms. The van der Waals surface area contributed by atoms with Gasteiger partial charge in [-0.1, -0.05) is 50.5 Å². The normalized spacial score (nSPS) is 28.2. The molecule has 1 aliphatic rings. The minimum atomic E-state index is -0.551. The minimum Gasteiger partial charge on any atom is -0.393 e. The van der Waals surface area contributed by atoms with Crippen molar-refractivity contribution in [3.8, 4) is 0 Å². The van der Waals surface area contributed by atoms with Crippen molar-refractivity contribution in [1.29, 1.82) is 0 Å². The third-order valence-electron chi connectivity index (χ3n) is 5.05. The van der Waals surface area contributed by atoms with Crippen molar-refractivity contribution in [3.63, 3.8) is 0 Å². The van der Waals surface area contributed by atoms with Crippen LogP contribution in [0.4, 0.5) is 0 Å². The third kappa shape index (κ3) is 8.80. The van der Waals surface area contributed by atoms with Crippen molar-refractivity contribution in [1.82, 2.24) is 0 Å². The van der Waals surface area contributed by atoms with Crippen LogP contribution in [0, 0.1) is 11.8 Å². The van der Waals surface area contributed by atoms with Crippen LogP contribution in [0.25, 0.3) is 0 Å². The fourth-order valence-electron chi connectivity index (χ4n) is 3.50. The van der Waals surface area contributed by atoms with Crippen LogP contribution in [-0.4, -0.2) is 39.4 Å². The average molecular weight is 353 g/mol. The number of carbonyl (C=O) groups excluding carboxylic acids is 1. The molecular weight excluding hydrogens is 316 g/mol. The summed E-state index contributed by atoms with van der Waals surface area (Å²) in [6.07, 6.45) is 13.7. The zero-order valence-corrected chi connectivity index (χ0v) is 15.8. The standard InChI is InChI=1S/C21H36O4/c1-3-4-7-11-17(23)13-14-19-18(20(24)15-21(19)25)12-9-6-5-8-10-16(2)22/h6,9,13-14,17-21,23-25H,3-5,7-8,10-12,15H2,1-2H3/b9-6-,14-13+/t17-,18?,19?,20-,21+/m0/s1. The van der Waals surface area contributed by atoms with Crippen LogP contribution in [-0.2, 0) is 4.79 Å². The molecule has 0 saturated heterocycles. The van der Waals surface area contributed by atoms with Crippen LogP contribution in [0.2, 0.25) is 0 Å². The molecule has 1 rings (SSSR count). The molecule has 2 unspecified atom stereocenters. The van der Waals surface area contributed by atoms with E-state index in [-0.39, 0.29) is 17.6 Å². The summed E-state index contributed by atoms with van der Waals surface area (Å²) in [6.45, 7) is 3.74. The largest absolute Gasteiger partial charge is 0.393 e. The number of aliphatic hydroxyl groups excluding tert-OH is 3. The summed E-state index contributed by atoms with van der Waals surface area (Å²) in [6, 6.07) is 0. The summed E-state index contributed by atoms with van der Waals surface area (Å²) < 4.78 is 0. The van der Waals surface area contributed by atoms with E-state index in [1.54, 1.807) is 13.0 Å². The quantitative estimate of drug-likeness (QED) is 0.371. The Bertz CT molecular complexity index is 430. The van der Waals surface area contributed by atoms with Crippen LogP contribution in [0.5, 0.6) is 0 Å². The summed E-state index contributed by atoms with van der Waals surface area (Å²) in [5.74, 6) is 0.0845. The maximum absolute atomic E-state index is 10.9. The van der Waals surface area contributed by atoms with Crippen molar-refractivity contribution in [2.24, 2.45) is 11.8 Å². The molecule has 0 aliphatic heterocycles. The number of unbranched alkanes of at least 4 members (excludes halogenated alkanes) is 3. The second-order valence-corrected chi connectivity index (χ2v) is 7.36. The van der Waals surface area contributed by atoms with Gasteiger partial charge in [0.2, 0.25) is 0 Å². The molecule has 1 saturated carbocycles. The Morgan fingerprint density at radius 3 is 2.60 bits per heavy atom. The van der Waals surface area contributed by atoms with Gasteiger partial charge in [0, 0.05) is 18.8 Å². The van der Waals surface area contributed by atoms with Gasteiger partial charge >= 0.3 is 0 Å². The van der Waals surface area contributed by atoms with Gasteiger partial charge in [-0.05, 0) is 38.5 Å². The van der Waals surface area contributed by atoms with Crippen molar-refractivity contribution in [2.75, 3.05) is 0 Å². The lowest BCUT2D eigenvalue weighted by Gasteiger charge is -2.19. The lowest BCUT2D eigenvalue weighted by Crippen LogP contribution is -2.20. The molecule has 3 N–H and O–H groups in total. The topological polar surface area (TPSA) is 77.8 Å². The highest BCUT2D eigenvalue weighted by atomic mass is 16.3. The number of hydrogen-bond donors (Lipinski definition) is 3. The number of Topliss-reactive ketones (excluding diaryl/α,β-unsaturated/α-hetero) is 1. The van der Waals surface area contributed by atoms with E-state index >= 15 is 0 Å². The molecule has 0 aromatic carbocycles. The van der Waals surface area contributed by atoms with Gasteiger partial charge in [0.05, 0.1) is 18.3 Å². The van der Waals surface area contributed by atoms with E-state index in [0.29, 0.717) is 19.3 Å². The van der Waals surface area contributed by atoms with E-state index in [0.717, 1.165) is 38.5 Å². The fourth-order valence-corrected chi connectivity index (χ4v) is 3.50. The highest BCUT2D eigenvalue weighted by Crippen LogP contribution is 2.36. The maximum Gasteiger partial charge on any atom is 0.129 e. The first kappa shape index (κ1) is 22.1. The zero-order valence-electron chi connectivity index (χ0n) is 15.8. The third-order valence-corrected chi connectivity index (χ3v) is 5.05. The van der Waals surface area contributed by atoms with Crippen LogP contribution in [0.1, 0.15) is 71.6 Å². The van der Waals surface area contributed by atoms with Crippen LogP contribution >= 0.6 is 0 Å². The molecule has 0 aromatic rings. The highest BCUT2D eigenvalue weighted by Gasteiger charge is 2.39. The lowest BCUT2D eigenvalue weighted by molar-refractivity contribution is -0.117. The second kappa shape index (κ2) is 12.4. The summed E-state index contributed by atoms with van der Waals surface area (Å²) in [5, 5.41) is 30.4.